The number of halogens is 1. The van der Waals surface area contributed by atoms with Crippen molar-refractivity contribution >= 4 is 17.5 Å². The summed E-state index contributed by atoms with van der Waals surface area (Å²) < 4.78 is 0. The van der Waals surface area contributed by atoms with Crippen molar-refractivity contribution in [2.24, 2.45) is 5.41 Å². The Bertz CT molecular complexity index is 430. The fourth-order valence-electron chi connectivity index (χ4n) is 1.43. The number of amides is 1. The smallest absolute Gasteiger partial charge is 0.225 e. The van der Waals surface area contributed by atoms with Gasteiger partial charge in [0.25, 0.3) is 0 Å². The van der Waals surface area contributed by atoms with Crippen LogP contribution in [0.25, 0.3) is 0 Å². The number of hydrogen-bond donors (Lipinski definition) is 2. The molecule has 0 aromatic heterocycles. The average molecular weight is 270 g/mol. The predicted octanol–water partition coefficient (Wildman–Crippen LogP) is 3.14. The molecule has 0 aliphatic rings. The van der Waals surface area contributed by atoms with Gasteiger partial charge < -0.3 is 10.4 Å². The Morgan fingerprint density at radius 2 is 2.11 bits per heavy atom. The first-order valence-corrected chi connectivity index (χ1v) is 6.50. The van der Waals surface area contributed by atoms with E-state index in [9.17, 15) is 9.90 Å². The Morgan fingerprint density at radius 1 is 1.44 bits per heavy atom. The lowest BCUT2D eigenvalue weighted by atomic mass is 9.89. The number of phenolic OH excluding ortho intramolecular Hbond substituents is 1. The van der Waals surface area contributed by atoms with Crippen LogP contribution in [0.4, 0.5) is 0 Å². The van der Waals surface area contributed by atoms with E-state index in [1.165, 1.54) is 0 Å². The van der Waals surface area contributed by atoms with Crippen molar-refractivity contribution in [2.75, 3.05) is 6.54 Å². The minimum absolute atomic E-state index is 0.0647. The van der Waals surface area contributed by atoms with Crippen molar-refractivity contribution in [1.29, 1.82) is 0 Å². The van der Waals surface area contributed by atoms with Crippen LogP contribution in [-0.2, 0) is 11.2 Å². The molecule has 100 valence electrons. The van der Waals surface area contributed by atoms with Crippen molar-refractivity contribution in [3.05, 3.63) is 28.8 Å². The summed E-state index contributed by atoms with van der Waals surface area (Å²) in [7, 11) is 0. The minimum Gasteiger partial charge on any atom is -0.506 e. The van der Waals surface area contributed by atoms with Gasteiger partial charge in [-0.3, -0.25) is 4.79 Å². The Morgan fingerprint density at radius 3 is 2.67 bits per heavy atom. The zero-order valence-electron chi connectivity index (χ0n) is 11.1. The second-order valence-electron chi connectivity index (χ2n) is 5.03. The lowest BCUT2D eigenvalue weighted by Crippen LogP contribution is -2.37. The van der Waals surface area contributed by atoms with E-state index in [4.69, 9.17) is 11.6 Å². The van der Waals surface area contributed by atoms with Crippen molar-refractivity contribution in [3.8, 4) is 5.75 Å². The van der Waals surface area contributed by atoms with Gasteiger partial charge in [-0.25, -0.2) is 0 Å². The van der Waals surface area contributed by atoms with Gasteiger partial charge in [-0.1, -0.05) is 38.4 Å². The quantitative estimate of drug-likeness (QED) is 0.863. The summed E-state index contributed by atoms with van der Waals surface area (Å²) in [6, 6.07) is 5.09. The maximum absolute atomic E-state index is 11.8. The van der Waals surface area contributed by atoms with E-state index in [0.717, 1.165) is 12.0 Å². The number of nitrogens with one attached hydrogen (secondary N) is 1. The second kappa shape index (κ2) is 6.10. The summed E-state index contributed by atoms with van der Waals surface area (Å²) in [6.07, 6.45) is 1.51. The lowest BCUT2D eigenvalue weighted by molar-refractivity contribution is -0.129. The standard InChI is InChI=1S/C14H20ClNO2/c1-4-14(2,3)13(18)16-8-7-10-5-6-12(17)11(15)9-10/h5-6,9,17H,4,7-8H2,1-3H3,(H,16,18). The SMILES string of the molecule is CCC(C)(C)C(=O)NCCc1ccc(O)c(Cl)c1. The third-order valence-electron chi connectivity index (χ3n) is 3.21. The van der Waals surface area contributed by atoms with E-state index in [1.54, 1.807) is 18.2 Å². The third kappa shape index (κ3) is 3.91. The maximum atomic E-state index is 11.8. The maximum Gasteiger partial charge on any atom is 0.225 e. The van der Waals surface area contributed by atoms with Crippen LogP contribution in [0.1, 0.15) is 32.8 Å². The number of phenols is 1. The Balaban J connectivity index is 2.47. The highest BCUT2D eigenvalue weighted by Crippen LogP contribution is 2.24. The summed E-state index contributed by atoms with van der Waals surface area (Å²) in [5.41, 5.74) is 0.666. The first-order valence-electron chi connectivity index (χ1n) is 6.12. The van der Waals surface area contributed by atoms with Gasteiger partial charge >= 0.3 is 0 Å². The molecule has 1 amide bonds. The monoisotopic (exact) mass is 269 g/mol. The molecular weight excluding hydrogens is 250 g/mol. The number of hydrogen-bond acceptors (Lipinski definition) is 2. The largest absolute Gasteiger partial charge is 0.506 e. The molecule has 0 radical (unpaired) electrons. The molecule has 18 heavy (non-hydrogen) atoms. The minimum atomic E-state index is -0.327. The van der Waals surface area contributed by atoms with E-state index in [2.05, 4.69) is 5.32 Å². The van der Waals surface area contributed by atoms with E-state index in [-0.39, 0.29) is 17.1 Å². The second-order valence-corrected chi connectivity index (χ2v) is 5.44. The molecule has 0 bridgehead atoms. The zero-order valence-corrected chi connectivity index (χ0v) is 11.8. The van der Waals surface area contributed by atoms with Crippen molar-refractivity contribution in [2.45, 2.75) is 33.6 Å². The van der Waals surface area contributed by atoms with Crippen molar-refractivity contribution < 1.29 is 9.90 Å². The summed E-state index contributed by atoms with van der Waals surface area (Å²) in [5.74, 6) is 0.145. The molecule has 0 unspecified atom stereocenters. The predicted molar refractivity (Wildman–Crippen MR) is 73.9 cm³/mol. The average Bonchev–Trinajstić information content (AvgIpc) is 2.33. The summed E-state index contributed by atoms with van der Waals surface area (Å²) in [6.45, 7) is 6.43. The number of aromatic hydroxyl groups is 1. The van der Waals surface area contributed by atoms with Crippen LogP contribution in [0, 0.1) is 5.41 Å². The normalized spacial score (nSPS) is 11.3. The van der Waals surface area contributed by atoms with Gasteiger partial charge in [-0.15, -0.1) is 0 Å². The number of carbonyl (C=O) groups excluding carboxylic acids is 1. The first kappa shape index (κ1) is 14.8. The van der Waals surface area contributed by atoms with E-state index in [0.29, 0.717) is 18.0 Å². The highest BCUT2D eigenvalue weighted by Gasteiger charge is 2.24. The van der Waals surface area contributed by atoms with Gasteiger partial charge in [-0.2, -0.15) is 0 Å². The molecule has 4 heteroatoms. The van der Waals surface area contributed by atoms with Gasteiger partial charge in [0.15, 0.2) is 0 Å². The van der Waals surface area contributed by atoms with E-state index >= 15 is 0 Å². The third-order valence-corrected chi connectivity index (χ3v) is 3.51. The van der Waals surface area contributed by atoms with Crippen LogP contribution >= 0.6 is 11.6 Å². The molecule has 1 rings (SSSR count). The Labute approximate surface area is 113 Å². The lowest BCUT2D eigenvalue weighted by Gasteiger charge is -2.21. The molecule has 0 saturated heterocycles. The fourth-order valence-corrected chi connectivity index (χ4v) is 1.63. The summed E-state index contributed by atoms with van der Waals surface area (Å²) in [5, 5.41) is 12.5. The first-order chi connectivity index (χ1) is 8.36. The Kier molecular flexibility index (Phi) is 5.03. The van der Waals surface area contributed by atoms with Crippen molar-refractivity contribution in [1.82, 2.24) is 5.32 Å². The van der Waals surface area contributed by atoms with Crippen LogP contribution in [0.5, 0.6) is 5.75 Å². The van der Waals surface area contributed by atoms with Crippen molar-refractivity contribution in [3.63, 3.8) is 0 Å². The molecule has 0 heterocycles. The molecule has 0 fully saturated rings. The highest BCUT2D eigenvalue weighted by atomic mass is 35.5. The zero-order chi connectivity index (χ0) is 13.8. The molecule has 1 aromatic rings. The summed E-state index contributed by atoms with van der Waals surface area (Å²) >= 11 is 5.81. The molecule has 3 nitrogen and oxygen atoms in total. The number of rotatable bonds is 5. The topological polar surface area (TPSA) is 49.3 Å². The molecule has 0 saturated carbocycles. The van der Waals surface area contributed by atoms with Crippen LogP contribution in [0.15, 0.2) is 18.2 Å². The number of benzene rings is 1. The molecule has 1 aromatic carbocycles. The molecular formula is C14H20ClNO2. The van der Waals surface area contributed by atoms with Crippen LogP contribution in [0.3, 0.4) is 0 Å². The van der Waals surface area contributed by atoms with Gasteiger partial charge in [0, 0.05) is 12.0 Å². The molecule has 0 aliphatic heterocycles. The Hall–Kier alpha value is -1.22. The number of carbonyl (C=O) groups is 1. The van der Waals surface area contributed by atoms with E-state index in [1.807, 2.05) is 20.8 Å². The van der Waals surface area contributed by atoms with Crippen LogP contribution in [0.2, 0.25) is 5.02 Å². The highest BCUT2D eigenvalue weighted by molar-refractivity contribution is 6.32. The molecule has 0 aliphatic carbocycles. The molecule has 2 N–H and O–H groups in total. The van der Waals surface area contributed by atoms with Gasteiger partial charge in [0.2, 0.25) is 5.91 Å². The summed E-state index contributed by atoms with van der Waals surface area (Å²) in [4.78, 5) is 11.8. The fraction of sp³-hybridized carbons (Fsp3) is 0.500. The van der Waals surface area contributed by atoms with E-state index < -0.39 is 0 Å². The van der Waals surface area contributed by atoms with Gasteiger partial charge in [0.05, 0.1) is 5.02 Å². The van der Waals surface area contributed by atoms with Crippen LogP contribution in [-0.4, -0.2) is 17.6 Å². The van der Waals surface area contributed by atoms with Crippen LogP contribution < -0.4 is 5.32 Å². The van der Waals surface area contributed by atoms with Gasteiger partial charge in [-0.05, 0) is 30.5 Å². The van der Waals surface area contributed by atoms with Gasteiger partial charge in [0.1, 0.15) is 5.75 Å². The molecule has 0 atom stereocenters. The molecule has 0 spiro atoms.